The molecule has 0 atom stereocenters. The number of aromatic hydroxyl groups is 3. The maximum absolute atomic E-state index is 10.6. The lowest BCUT2D eigenvalue weighted by Crippen LogP contribution is -2.05. The molecular formula is C8H9NO4. The average molecular weight is 183 g/mol. The number of carbonyl (C=O) groups excluding carboxylic acids is 1. The maximum atomic E-state index is 10.6. The molecule has 5 heteroatoms. The Hall–Kier alpha value is -1.91. The second-order valence-electron chi connectivity index (χ2n) is 2.51. The predicted molar refractivity (Wildman–Crippen MR) is 45.7 cm³/mol. The van der Waals surface area contributed by atoms with E-state index in [1.54, 1.807) is 0 Å². The fourth-order valence-corrected chi connectivity index (χ4v) is 0.860. The fourth-order valence-electron chi connectivity index (χ4n) is 0.860. The Balaban J connectivity index is 3.10. The summed E-state index contributed by atoms with van der Waals surface area (Å²) in [5, 5.41) is 29.5. The Kier molecular flexibility index (Phi) is 2.27. The van der Waals surface area contributed by atoms with Crippen LogP contribution in [-0.2, 0) is 4.79 Å². The highest BCUT2D eigenvalue weighted by molar-refractivity contribution is 5.91. The van der Waals surface area contributed by atoms with Crippen LogP contribution in [0.4, 0.5) is 5.69 Å². The molecule has 0 saturated heterocycles. The van der Waals surface area contributed by atoms with Crippen LogP contribution in [0.25, 0.3) is 0 Å². The Labute approximate surface area is 74.3 Å². The van der Waals surface area contributed by atoms with Gasteiger partial charge in [0.05, 0.1) is 5.69 Å². The molecule has 1 aromatic rings. The molecule has 0 aliphatic carbocycles. The fraction of sp³-hybridized carbons (Fsp3) is 0.125. The summed E-state index contributed by atoms with van der Waals surface area (Å²) in [6, 6.07) is 2.45. The molecule has 0 spiro atoms. The van der Waals surface area contributed by atoms with E-state index in [1.165, 1.54) is 19.1 Å². The smallest absolute Gasteiger partial charge is 0.221 e. The quantitative estimate of drug-likeness (QED) is 0.382. The number of carbonyl (C=O) groups is 1. The summed E-state index contributed by atoms with van der Waals surface area (Å²) in [4.78, 5) is 10.6. The minimum atomic E-state index is -0.647. The summed E-state index contributed by atoms with van der Waals surface area (Å²) in [5.41, 5.74) is 0.0581. The van der Waals surface area contributed by atoms with Gasteiger partial charge in [0.2, 0.25) is 11.7 Å². The molecule has 0 aliphatic heterocycles. The van der Waals surface area contributed by atoms with Crippen LogP contribution < -0.4 is 5.32 Å². The van der Waals surface area contributed by atoms with Crippen molar-refractivity contribution in [1.29, 1.82) is 0 Å². The van der Waals surface area contributed by atoms with Gasteiger partial charge in [-0.05, 0) is 12.1 Å². The largest absolute Gasteiger partial charge is 0.504 e. The van der Waals surface area contributed by atoms with E-state index in [0.29, 0.717) is 0 Å². The zero-order valence-corrected chi connectivity index (χ0v) is 6.90. The van der Waals surface area contributed by atoms with Crippen molar-refractivity contribution in [2.45, 2.75) is 6.92 Å². The Bertz CT molecular complexity index is 348. The monoisotopic (exact) mass is 183 g/mol. The lowest BCUT2D eigenvalue weighted by molar-refractivity contribution is -0.114. The summed E-state index contributed by atoms with van der Waals surface area (Å²) in [6.07, 6.45) is 0. The van der Waals surface area contributed by atoms with Crippen LogP contribution in [0, 0.1) is 0 Å². The first-order chi connectivity index (χ1) is 6.02. The molecule has 5 nitrogen and oxygen atoms in total. The first-order valence-corrected chi connectivity index (χ1v) is 3.54. The molecule has 0 heterocycles. The molecule has 0 aromatic heterocycles. The number of benzene rings is 1. The van der Waals surface area contributed by atoms with Gasteiger partial charge in [-0.25, -0.2) is 0 Å². The Morgan fingerprint density at radius 2 is 1.85 bits per heavy atom. The lowest BCUT2D eigenvalue weighted by Gasteiger charge is -2.06. The zero-order valence-electron chi connectivity index (χ0n) is 6.90. The molecule has 4 N–H and O–H groups in total. The van der Waals surface area contributed by atoms with Gasteiger partial charge >= 0.3 is 0 Å². The van der Waals surface area contributed by atoms with Crippen molar-refractivity contribution in [1.82, 2.24) is 0 Å². The van der Waals surface area contributed by atoms with E-state index in [9.17, 15) is 9.90 Å². The van der Waals surface area contributed by atoms with Crippen LogP contribution >= 0.6 is 0 Å². The number of phenolic OH excluding ortho intramolecular Hbond substituents is 3. The number of rotatable bonds is 1. The van der Waals surface area contributed by atoms with Crippen LogP contribution in [0.1, 0.15) is 6.92 Å². The van der Waals surface area contributed by atoms with Crippen LogP contribution in [-0.4, -0.2) is 21.2 Å². The summed E-state index contributed by atoms with van der Waals surface area (Å²) in [6.45, 7) is 1.27. The van der Waals surface area contributed by atoms with E-state index in [2.05, 4.69) is 5.32 Å². The molecule has 1 aromatic carbocycles. The van der Waals surface area contributed by atoms with E-state index in [-0.39, 0.29) is 11.6 Å². The standard InChI is InChI=1S/C8H9NO4/c1-4(10)9-5-2-3-6(11)8(13)7(5)12/h2-3,11-13H,1H3,(H,9,10). The van der Waals surface area contributed by atoms with Gasteiger partial charge in [0.15, 0.2) is 11.5 Å². The van der Waals surface area contributed by atoms with Crippen LogP contribution in [0.3, 0.4) is 0 Å². The van der Waals surface area contributed by atoms with Crippen molar-refractivity contribution in [3.8, 4) is 17.2 Å². The third-order valence-corrected chi connectivity index (χ3v) is 1.44. The van der Waals surface area contributed by atoms with Crippen LogP contribution in [0.15, 0.2) is 12.1 Å². The second-order valence-corrected chi connectivity index (χ2v) is 2.51. The first-order valence-electron chi connectivity index (χ1n) is 3.54. The van der Waals surface area contributed by atoms with E-state index in [1.807, 2.05) is 0 Å². The molecule has 1 rings (SSSR count). The van der Waals surface area contributed by atoms with Crippen LogP contribution in [0.2, 0.25) is 0 Å². The number of hydrogen-bond donors (Lipinski definition) is 4. The normalized spacial score (nSPS) is 9.62. The van der Waals surface area contributed by atoms with Crippen molar-refractivity contribution in [2.75, 3.05) is 5.32 Å². The Morgan fingerprint density at radius 1 is 1.23 bits per heavy atom. The van der Waals surface area contributed by atoms with Gasteiger partial charge in [0.25, 0.3) is 0 Å². The van der Waals surface area contributed by atoms with Gasteiger partial charge in [-0.3, -0.25) is 4.79 Å². The molecule has 70 valence electrons. The lowest BCUT2D eigenvalue weighted by atomic mass is 10.2. The molecule has 13 heavy (non-hydrogen) atoms. The summed E-state index contributed by atoms with van der Waals surface area (Å²) < 4.78 is 0. The number of nitrogens with one attached hydrogen (secondary N) is 1. The zero-order chi connectivity index (χ0) is 10.0. The number of hydrogen-bond acceptors (Lipinski definition) is 4. The Morgan fingerprint density at radius 3 is 2.38 bits per heavy atom. The van der Waals surface area contributed by atoms with Crippen molar-refractivity contribution in [3.05, 3.63) is 12.1 Å². The van der Waals surface area contributed by atoms with Gasteiger partial charge < -0.3 is 20.6 Å². The molecular weight excluding hydrogens is 174 g/mol. The number of phenols is 3. The van der Waals surface area contributed by atoms with Gasteiger partial charge in [-0.1, -0.05) is 0 Å². The minimum absolute atomic E-state index is 0.0581. The van der Waals surface area contributed by atoms with Crippen molar-refractivity contribution < 1.29 is 20.1 Å². The minimum Gasteiger partial charge on any atom is -0.504 e. The average Bonchev–Trinajstić information content (AvgIpc) is 2.06. The van der Waals surface area contributed by atoms with E-state index < -0.39 is 17.2 Å². The maximum Gasteiger partial charge on any atom is 0.221 e. The molecule has 0 bridgehead atoms. The molecule has 0 saturated carbocycles. The molecule has 1 amide bonds. The first kappa shape index (κ1) is 9.18. The molecule has 0 aliphatic rings. The van der Waals surface area contributed by atoms with E-state index >= 15 is 0 Å². The third kappa shape index (κ3) is 1.81. The van der Waals surface area contributed by atoms with Gasteiger partial charge in [0, 0.05) is 6.92 Å². The molecule has 0 fully saturated rings. The van der Waals surface area contributed by atoms with E-state index in [0.717, 1.165) is 0 Å². The van der Waals surface area contributed by atoms with Gasteiger partial charge in [0.1, 0.15) is 0 Å². The number of amides is 1. The molecule has 0 unspecified atom stereocenters. The van der Waals surface area contributed by atoms with Crippen LogP contribution in [0.5, 0.6) is 17.2 Å². The SMILES string of the molecule is CC(=O)Nc1ccc(O)c(O)c1O. The van der Waals surface area contributed by atoms with Gasteiger partial charge in [-0.15, -0.1) is 0 Å². The van der Waals surface area contributed by atoms with Crippen molar-refractivity contribution in [2.24, 2.45) is 0 Å². The second kappa shape index (κ2) is 3.22. The highest BCUT2D eigenvalue weighted by atomic mass is 16.3. The summed E-state index contributed by atoms with van der Waals surface area (Å²) in [5.74, 6) is -2.01. The van der Waals surface area contributed by atoms with E-state index in [4.69, 9.17) is 10.2 Å². The summed E-state index contributed by atoms with van der Waals surface area (Å²) in [7, 11) is 0. The van der Waals surface area contributed by atoms with Gasteiger partial charge in [-0.2, -0.15) is 0 Å². The molecule has 0 radical (unpaired) electrons. The number of anilines is 1. The third-order valence-electron chi connectivity index (χ3n) is 1.44. The van der Waals surface area contributed by atoms with Crippen molar-refractivity contribution >= 4 is 11.6 Å². The topological polar surface area (TPSA) is 89.8 Å². The summed E-state index contributed by atoms with van der Waals surface area (Å²) >= 11 is 0. The van der Waals surface area contributed by atoms with Crippen molar-refractivity contribution in [3.63, 3.8) is 0 Å². The predicted octanol–water partition coefficient (Wildman–Crippen LogP) is 0.762. The highest BCUT2D eigenvalue weighted by Crippen LogP contribution is 2.39. The highest BCUT2D eigenvalue weighted by Gasteiger charge is 2.11.